The van der Waals surface area contributed by atoms with Crippen LogP contribution in [0, 0.1) is 0 Å². The highest BCUT2D eigenvalue weighted by molar-refractivity contribution is 5.44. The quantitative estimate of drug-likeness (QED) is 0.797. The lowest BCUT2D eigenvalue weighted by molar-refractivity contribution is -0.125. The van der Waals surface area contributed by atoms with E-state index >= 15 is 0 Å². The van der Waals surface area contributed by atoms with Crippen LogP contribution in [-0.4, -0.2) is 37.0 Å². The Morgan fingerprint density at radius 2 is 2.06 bits per heavy atom. The molecule has 0 N–H and O–H groups in total. The van der Waals surface area contributed by atoms with Crippen LogP contribution in [0.4, 0.5) is 0 Å². The van der Waals surface area contributed by atoms with Gasteiger partial charge < -0.3 is 14.2 Å². The van der Waals surface area contributed by atoms with Crippen molar-refractivity contribution in [2.75, 3.05) is 26.6 Å². The van der Waals surface area contributed by atoms with Crippen LogP contribution in [0.1, 0.15) is 18.4 Å². The molecule has 0 atom stereocenters. The first kappa shape index (κ1) is 10.6. The lowest BCUT2D eigenvalue weighted by atomic mass is 9.94. The Morgan fingerprint density at radius 3 is 2.89 bits per heavy atom. The van der Waals surface area contributed by atoms with Crippen LogP contribution in [0.3, 0.4) is 0 Å². The summed E-state index contributed by atoms with van der Waals surface area (Å²) in [5.74, 6) is 1.74. The number of rotatable bonds is 2. The number of nitrogens with zero attached hydrogens (tertiary/aromatic N) is 1. The van der Waals surface area contributed by atoms with Gasteiger partial charge in [0.1, 0.15) is 0 Å². The van der Waals surface area contributed by atoms with E-state index in [0.29, 0.717) is 12.3 Å². The molecule has 96 valence electrons. The molecule has 4 heteroatoms. The van der Waals surface area contributed by atoms with E-state index in [9.17, 15) is 0 Å². The van der Waals surface area contributed by atoms with Gasteiger partial charge in [-0.05, 0) is 37.1 Å². The molecule has 0 saturated carbocycles. The SMILES string of the molecule is c1cc2c(cc1CN1CCCC13COC3)OCO2. The zero-order valence-corrected chi connectivity index (χ0v) is 10.4. The van der Waals surface area contributed by atoms with E-state index in [4.69, 9.17) is 14.2 Å². The molecule has 0 radical (unpaired) electrons. The Balaban J connectivity index is 1.54. The van der Waals surface area contributed by atoms with Gasteiger partial charge in [-0.15, -0.1) is 0 Å². The Kier molecular flexibility index (Phi) is 2.29. The van der Waals surface area contributed by atoms with Gasteiger partial charge in [-0.1, -0.05) is 6.07 Å². The molecule has 3 heterocycles. The van der Waals surface area contributed by atoms with Crippen LogP contribution >= 0.6 is 0 Å². The van der Waals surface area contributed by atoms with Crippen molar-refractivity contribution in [3.8, 4) is 11.5 Å². The van der Waals surface area contributed by atoms with E-state index < -0.39 is 0 Å². The number of hydrogen-bond donors (Lipinski definition) is 0. The van der Waals surface area contributed by atoms with Gasteiger partial charge in [0.05, 0.1) is 18.8 Å². The van der Waals surface area contributed by atoms with Gasteiger partial charge in [-0.25, -0.2) is 0 Å². The van der Waals surface area contributed by atoms with Crippen LogP contribution in [0.15, 0.2) is 18.2 Å². The average molecular weight is 247 g/mol. The molecule has 0 aromatic heterocycles. The molecule has 0 aliphatic carbocycles. The third-order valence-electron chi connectivity index (χ3n) is 4.29. The summed E-state index contributed by atoms with van der Waals surface area (Å²) in [5.41, 5.74) is 1.63. The molecule has 18 heavy (non-hydrogen) atoms. The van der Waals surface area contributed by atoms with Crippen molar-refractivity contribution in [3.05, 3.63) is 23.8 Å². The maximum absolute atomic E-state index is 5.43. The maximum Gasteiger partial charge on any atom is 0.231 e. The summed E-state index contributed by atoms with van der Waals surface area (Å²) in [6.45, 7) is 4.31. The normalized spacial score (nSPS) is 24.4. The number of likely N-dealkylation sites (tertiary alicyclic amines) is 1. The highest BCUT2D eigenvalue weighted by Gasteiger charge is 2.46. The summed E-state index contributed by atoms with van der Waals surface area (Å²) < 4.78 is 16.2. The number of benzene rings is 1. The second-order valence-corrected chi connectivity index (χ2v) is 5.43. The summed E-state index contributed by atoms with van der Waals surface area (Å²) >= 11 is 0. The Labute approximate surface area is 106 Å². The summed E-state index contributed by atoms with van der Waals surface area (Å²) in [7, 11) is 0. The molecule has 1 aromatic carbocycles. The van der Waals surface area contributed by atoms with Crippen molar-refractivity contribution in [1.29, 1.82) is 0 Å². The first-order valence-electron chi connectivity index (χ1n) is 6.57. The lowest BCUT2D eigenvalue weighted by Gasteiger charge is -2.45. The largest absolute Gasteiger partial charge is 0.454 e. The van der Waals surface area contributed by atoms with Crippen molar-refractivity contribution in [2.45, 2.75) is 24.9 Å². The first-order valence-corrected chi connectivity index (χ1v) is 6.57. The van der Waals surface area contributed by atoms with Crippen LogP contribution in [0.2, 0.25) is 0 Å². The molecule has 1 aromatic rings. The number of hydrogen-bond acceptors (Lipinski definition) is 4. The van der Waals surface area contributed by atoms with Crippen LogP contribution in [0.25, 0.3) is 0 Å². The van der Waals surface area contributed by atoms with E-state index in [0.717, 1.165) is 31.3 Å². The summed E-state index contributed by atoms with van der Waals surface area (Å²) in [6, 6.07) is 6.25. The highest BCUT2D eigenvalue weighted by atomic mass is 16.7. The van der Waals surface area contributed by atoms with Crippen LogP contribution in [0.5, 0.6) is 11.5 Å². The molecule has 1 spiro atoms. The minimum absolute atomic E-state index is 0.330. The van der Waals surface area contributed by atoms with E-state index in [-0.39, 0.29) is 0 Å². The Bertz CT molecular complexity index is 470. The molecule has 0 unspecified atom stereocenters. The molecule has 4 nitrogen and oxygen atoms in total. The van der Waals surface area contributed by atoms with Gasteiger partial charge in [0.25, 0.3) is 0 Å². The molecule has 3 aliphatic rings. The van der Waals surface area contributed by atoms with E-state index in [1.165, 1.54) is 24.9 Å². The van der Waals surface area contributed by atoms with Crippen molar-refractivity contribution < 1.29 is 14.2 Å². The third kappa shape index (κ3) is 1.52. The van der Waals surface area contributed by atoms with Gasteiger partial charge in [-0.2, -0.15) is 0 Å². The zero-order valence-electron chi connectivity index (χ0n) is 10.4. The zero-order chi connectivity index (χ0) is 12.0. The van der Waals surface area contributed by atoms with Gasteiger partial charge in [-0.3, -0.25) is 4.90 Å². The smallest absolute Gasteiger partial charge is 0.231 e. The number of fused-ring (bicyclic) bond motifs is 1. The third-order valence-corrected chi connectivity index (χ3v) is 4.29. The summed E-state index contributed by atoms with van der Waals surface area (Å²) in [6.07, 6.45) is 2.56. The number of ether oxygens (including phenoxy) is 3. The average Bonchev–Trinajstić information content (AvgIpc) is 2.93. The first-order chi connectivity index (χ1) is 8.86. The van der Waals surface area contributed by atoms with Gasteiger partial charge in [0.2, 0.25) is 6.79 Å². The predicted molar refractivity (Wildman–Crippen MR) is 65.8 cm³/mol. The molecule has 0 amide bonds. The van der Waals surface area contributed by atoms with Gasteiger partial charge >= 0.3 is 0 Å². The lowest BCUT2D eigenvalue weighted by Crippen LogP contribution is -2.58. The van der Waals surface area contributed by atoms with Gasteiger partial charge in [0, 0.05) is 6.54 Å². The van der Waals surface area contributed by atoms with E-state index in [2.05, 4.69) is 17.0 Å². The topological polar surface area (TPSA) is 30.9 Å². The van der Waals surface area contributed by atoms with E-state index in [1.807, 2.05) is 6.07 Å². The second kappa shape index (κ2) is 3.87. The standard InChI is InChI=1S/C14H17NO3/c1-4-14(8-16-9-14)15(5-1)7-11-2-3-12-13(6-11)18-10-17-12/h2-3,6H,1,4-5,7-10H2. The Hall–Kier alpha value is -1.26. The fraction of sp³-hybridized carbons (Fsp3) is 0.571. The summed E-state index contributed by atoms with van der Waals surface area (Å²) in [5, 5.41) is 0. The molecular formula is C14H17NO3. The minimum atomic E-state index is 0.330. The minimum Gasteiger partial charge on any atom is -0.454 e. The van der Waals surface area contributed by atoms with E-state index in [1.54, 1.807) is 0 Å². The fourth-order valence-corrected chi connectivity index (χ4v) is 3.17. The Morgan fingerprint density at radius 1 is 1.17 bits per heavy atom. The highest BCUT2D eigenvalue weighted by Crippen LogP contribution is 2.38. The second-order valence-electron chi connectivity index (χ2n) is 5.43. The molecule has 0 bridgehead atoms. The van der Waals surface area contributed by atoms with Crippen LogP contribution in [-0.2, 0) is 11.3 Å². The molecule has 2 fully saturated rings. The van der Waals surface area contributed by atoms with Crippen LogP contribution < -0.4 is 9.47 Å². The molecule has 3 aliphatic heterocycles. The predicted octanol–water partition coefficient (Wildman–Crippen LogP) is 1.78. The van der Waals surface area contributed by atoms with Crippen molar-refractivity contribution in [2.24, 2.45) is 0 Å². The monoisotopic (exact) mass is 247 g/mol. The van der Waals surface area contributed by atoms with Crippen molar-refractivity contribution >= 4 is 0 Å². The molecule has 2 saturated heterocycles. The van der Waals surface area contributed by atoms with Crippen molar-refractivity contribution in [1.82, 2.24) is 4.90 Å². The molecule has 4 rings (SSSR count). The summed E-state index contributed by atoms with van der Waals surface area (Å²) in [4.78, 5) is 2.56. The fourth-order valence-electron chi connectivity index (χ4n) is 3.17. The molecular weight excluding hydrogens is 230 g/mol. The van der Waals surface area contributed by atoms with Gasteiger partial charge in [0.15, 0.2) is 11.5 Å². The van der Waals surface area contributed by atoms with Crippen molar-refractivity contribution in [3.63, 3.8) is 0 Å². The maximum atomic E-state index is 5.43.